The highest BCUT2D eigenvalue weighted by molar-refractivity contribution is 4.77. The number of nitrogens with one attached hydrogen (secondary N) is 1. The van der Waals surface area contributed by atoms with E-state index in [4.69, 9.17) is 0 Å². The average molecular weight is 254 g/mol. The van der Waals surface area contributed by atoms with Crippen LogP contribution in [0, 0.1) is 5.92 Å². The molecule has 1 atom stereocenters. The van der Waals surface area contributed by atoms with Gasteiger partial charge in [-0.15, -0.1) is 0 Å². The zero-order valence-corrected chi connectivity index (χ0v) is 12.9. The van der Waals surface area contributed by atoms with Gasteiger partial charge in [0.1, 0.15) is 0 Å². The fourth-order valence-electron chi connectivity index (χ4n) is 2.55. The van der Waals surface area contributed by atoms with Crippen LogP contribution in [0.2, 0.25) is 0 Å². The molecule has 18 heavy (non-hydrogen) atoms. The first-order valence-corrected chi connectivity index (χ1v) is 8.22. The standard InChI is InChI=1S/C16H34N2/c1-4-6-7-8-15(3)17-11-13-18(12-5-2)14-16-9-10-16/h15-17H,4-14H2,1-3H3. The first kappa shape index (κ1) is 16.0. The van der Waals surface area contributed by atoms with E-state index < -0.39 is 0 Å². The van der Waals surface area contributed by atoms with Crippen molar-refractivity contribution in [3.63, 3.8) is 0 Å². The molecule has 0 bridgehead atoms. The predicted molar refractivity (Wildman–Crippen MR) is 81.1 cm³/mol. The number of rotatable bonds is 12. The molecule has 1 N–H and O–H groups in total. The van der Waals surface area contributed by atoms with Crippen LogP contribution >= 0.6 is 0 Å². The summed E-state index contributed by atoms with van der Waals surface area (Å²) < 4.78 is 0. The molecule has 1 aliphatic carbocycles. The van der Waals surface area contributed by atoms with Crippen molar-refractivity contribution >= 4 is 0 Å². The fourth-order valence-corrected chi connectivity index (χ4v) is 2.55. The molecule has 0 aromatic heterocycles. The van der Waals surface area contributed by atoms with Crippen molar-refractivity contribution in [2.75, 3.05) is 26.2 Å². The zero-order valence-electron chi connectivity index (χ0n) is 12.9. The third-order valence-electron chi connectivity index (χ3n) is 3.91. The highest BCUT2D eigenvalue weighted by Gasteiger charge is 2.23. The maximum atomic E-state index is 3.68. The summed E-state index contributed by atoms with van der Waals surface area (Å²) in [5.74, 6) is 1.03. The maximum Gasteiger partial charge on any atom is 0.0107 e. The van der Waals surface area contributed by atoms with Crippen molar-refractivity contribution in [2.24, 2.45) is 5.92 Å². The molecule has 108 valence electrons. The Morgan fingerprint density at radius 1 is 1.11 bits per heavy atom. The lowest BCUT2D eigenvalue weighted by atomic mass is 10.1. The van der Waals surface area contributed by atoms with E-state index in [0.717, 1.165) is 5.92 Å². The molecule has 0 heterocycles. The van der Waals surface area contributed by atoms with Crippen molar-refractivity contribution in [1.29, 1.82) is 0 Å². The largest absolute Gasteiger partial charge is 0.313 e. The van der Waals surface area contributed by atoms with Gasteiger partial charge in [0, 0.05) is 25.7 Å². The molecule has 1 aliphatic rings. The monoisotopic (exact) mass is 254 g/mol. The van der Waals surface area contributed by atoms with E-state index in [2.05, 4.69) is 31.0 Å². The van der Waals surface area contributed by atoms with E-state index in [-0.39, 0.29) is 0 Å². The topological polar surface area (TPSA) is 15.3 Å². The Morgan fingerprint density at radius 3 is 2.50 bits per heavy atom. The van der Waals surface area contributed by atoms with Crippen molar-refractivity contribution in [2.45, 2.75) is 71.8 Å². The minimum absolute atomic E-state index is 0.695. The van der Waals surface area contributed by atoms with Gasteiger partial charge in [0.15, 0.2) is 0 Å². The molecule has 2 nitrogen and oxygen atoms in total. The lowest BCUT2D eigenvalue weighted by Crippen LogP contribution is -2.37. The van der Waals surface area contributed by atoms with E-state index in [1.165, 1.54) is 71.1 Å². The smallest absolute Gasteiger partial charge is 0.0107 e. The molecule has 0 radical (unpaired) electrons. The van der Waals surface area contributed by atoms with Gasteiger partial charge in [-0.25, -0.2) is 0 Å². The molecular formula is C16H34N2. The van der Waals surface area contributed by atoms with Crippen molar-refractivity contribution < 1.29 is 0 Å². The van der Waals surface area contributed by atoms with Crippen LogP contribution in [-0.4, -0.2) is 37.1 Å². The lowest BCUT2D eigenvalue weighted by molar-refractivity contribution is 0.258. The number of hydrogen-bond acceptors (Lipinski definition) is 2. The molecule has 0 aliphatic heterocycles. The van der Waals surface area contributed by atoms with Gasteiger partial charge in [-0.2, -0.15) is 0 Å². The zero-order chi connectivity index (χ0) is 13.2. The summed E-state index contributed by atoms with van der Waals surface area (Å²) in [4.78, 5) is 2.66. The van der Waals surface area contributed by atoms with Crippen molar-refractivity contribution in [1.82, 2.24) is 10.2 Å². The highest BCUT2D eigenvalue weighted by Crippen LogP contribution is 2.29. The van der Waals surface area contributed by atoms with Gasteiger partial charge in [0.25, 0.3) is 0 Å². The third kappa shape index (κ3) is 8.10. The summed E-state index contributed by atoms with van der Waals surface area (Å²) in [6.07, 6.45) is 9.67. The first-order valence-electron chi connectivity index (χ1n) is 8.22. The van der Waals surface area contributed by atoms with Crippen LogP contribution in [0.15, 0.2) is 0 Å². The first-order chi connectivity index (χ1) is 8.76. The number of hydrogen-bond donors (Lipinski definition) is 1. The van der Waals surface area contributed by atoms with Gasteiger partial charge in [-0.3, -0.25) is 0 Å². The van der Waals surface area contributed by atoms with E-state index in [1.54, 1.807) is 0 Å². The molecule has 1 fully saturated rings. The van der Waals surface area contributed by atoms with E-state index in [0.29, 0.717) is 6.04 Å². The van der Waals surface area contributed by atoms with Gasteiger partial charge in [-0.05, 0) is 45.1 Å². The molecule has 1 rings (SSSR count). The van der Waals surface area contributed by atoms with Crippen LogP contribution in [0.25, 0.3) is 0 Å². The van der Waals surface area contributed by atoms with Gasteiger partial charge in [0.05, 0.1) is 0 Å². The van der Waals surface area contributed by atoms with Crippen LogP contribution in [0.4, 0.5) is 0 Å². The van der Waals surface area contributed by atoms with Crippen LogP contribution in [0.5, 0.6) is 0 Å². The second-order valence-electron chi connectivity index (χ2n) is 6.09. The quantitative estimate of drug-likeness (QED) is 0.535. The minimum Gasteiger partial charge on any atom is -0.313 e. The molecule has 0 aromatic carbocycles. The summed E-state index contributed by atoms with van der Waals surface area (Å²) in [7, 11) is 0. The number of nitrogens with zero attached hydrogens (tertiary/aromatic N) is 1. The van der Waals surface area contributed by atoms with E-state index >= 15 is 0 Å². The van der Waals surface area contributed by atoms with Gasteiger partial charge < -0.3 is 10.2 Å². The molecule has 1 saturated carbocycles. The molecule has 1 unspecified atom stereocenters. The van der Waals surface area contributed by atoms with Crippen LogP contribution in [-0.2, 0) is 0 Å². The summed E-state index contributed by atoms with van der Waals surface area (Å²) in [6.45, 7) is 11.9. The van der Waals surface area contributed by atoms with Gasteiger partial charge >= 0.3 is 0 Å². The van der Waals surface area contributed by atoms with Crippen molar-refractivity contribution in [3.8, 4) is 0 Å². The summed E-state index contributed by atoms with van der Waals surface area (Å²) >= 11 is 0. The molecule has 0 aromatic rings. The normalized spacial score (nSPS) is 17.3. The Hall–Kier alpha value is -0.0800. The Morgan fingerprint density at radius 2 is 1.89 bits per heavy atom. The Labute approximate surface area is 115 Å². The summed E-state index contributed by atoms with van der Waals surface area (Å²) in [5, 5.41) is 3.68. The van der Waals surface area contributed by atoms with E-state index in [9.17, 15) is 0 Å². The molecule has 0 saturated heterocycles. The summed E-state index contributed by atoms with van der Waals surface area (Å²) in [6, 6.07) is 0.695. The maximum absolute atomic E-state index is 3.68. The van der Waals surface area contributed by atoms with Crippen LogP contribution in [0.3, 0.4) is 0 Å². The molecule has 2 heteroatoms. The fraction of sp³-hybridized carbons (Fsp3) is 1.00. The Kier molecular flexibility index (Phi) is 8.70. The average Bonchev–Trinajstić information content (AvgIpc) is 3.13. The third-order valence-corrected chi connectivity index (χ3v) is 3.91. The minimum atomic E-state index is 0.695. The number of unbranched alkanes of at least 4 members (excludes halogenated alkanes) is 2. The Bertz CT molecular complexity index is 190. The SMILES string of the molecule is CCCCCC(C)NCCN(CCC)CC1CC1. The molecule has 0 amide bonds. The van der Waals surface area contributed by atoms with Crippen LogP contribution in [0.1, 0.15) is 65.7 Å². The predicted octanol–water partition coefficient (Wildman–Crippen LogP) is 3.67. The van der Waals surface area contributed by atoms with Crippen molar-refractivity contribution in [3.05, 3.63) is 0 Å². The van der Waals surface area contributed by atoms with Gasteiger partial charge in [0.2, 0.25) is 0 Å². The second-order valence-corrected chi connectivity index (χ2v) is 6.09. The second kappa shape index (κ2) is 9.80. The highest BCUT2D eigenvalue weighted by atomic mass is 15.1. The molecule has 0 spiro atoms. The van der Waals surface area contributed by atoms with Crippen LogP contribution < -0.4 is 5.32 Å². The van der Waals surface area contributed by atoms with Gasteiger partial charge in [-0.1, -0.05) is 33.1 Å². The van der Waals surface area contributed by atoms with E-state index in [1.807, 2.05) is 0 Å². The molecular weight excluding hydrogens is 220 g/mol. The summed E-state index contributed by atoms with van der Waals surface area (Å²) in [5.41, 5.74) is 0. The Balaban J connectivity index is 2.01. The lowest BCUT2D eigenvalue weighted by Gasteiger charge is -2.23.